The van der Waals surface area contributed by atoms with Crippen LogP contribution in [0.25, 0.3) is 10.8 Å². The van der Waals surface area contributed by atoms with E-state index in [0.717, 1.165) is 5.39 Å². The second kappa shape index (κ2) is 3.61. The summed E-state index contributed by atoms with van der Waals surface area (Å²) >= 11 is 0. The Labute approximate surface area is 86.9 Å². The molecule has 0 atom stereocenters. The number of ether oxygens (including phenoxy) is 1. The summed E-state index contributed by atoms with van der Waals surface area (Å²) in [5, 5.41) is 11.4. The van der Waals surface area contributed by atoms with Crippen molar-refractivity contribution in [1.82, 2.24) is 0 Å². The SMILES string of the molecule is CC(=O)Oc1ccc2ccccc2c1O. The van der Waals surface area contributed by atoms with E-state index in [9.17, 15) is 9.90 Å². The predicted molar refractivity (Wildman–Crippen MR) is 56.9 cm³/mol. The molecule has 1 N–H and O–H groups in total. The Morgan fingerprint density at radius 3 is 2.67 bits per heavy atom. The summed E-state index contributed by atoms with van der Waals surface area (Å²) in [7, 11) is 0. The van der Waals surface area contributed by atoms with Gasteiger partial charge in [-0.25, -0.2) is 0 Å². The number of fused-ring (bicyclic) bond motifs is 1. The summed E-state index contributed by atoms with van der Waals surface area (Å²) in [5.41, 5.74) is 0. The van der Waals surface area contributed by atoms with E-state index in [4.69, 9.17) is 4.74 Å². The van der Waals surface area contributed by atoms with E-state index in [1.165, 1.54) is 6.92 Å². The van der Waals surface area contributed by atoms with Gasteiger partial charge in [0.25, 0.3) is 0 Å². The fraction of sp³-hybridized carbons (Fsp3) is 0.0833. The largest absolute Gasteiger partial charge is 0.504 e. The van der Waals surface area contributed by atoms with Crippen molar-refractivity contribution in [2.24, 2.45) is 0 Å². The van der Waals surface area contributed by atoms with Crippen molar-refractivity contribution < 1.29 is 14.6 Å². The molecule has 0 fully saturated rings. The standard InChI is InChI=1S/C12H10O3/c1-8(13)15-11-7-6-9-4-2-3-5-10(9)12(11)14/h2-7,14H,1H3. The molecule has 0 radical (unpaired) electrons. The Morgan fingerprint density at radius 1 is 1.20 bits per heavy atom. The molecule has 2 rings (SSSR count). The van der Waals surface area contributed by atoms with Gasteiger partial charge in [-0.05, 0) is 11.5 Å². The number of phenols is 1. The summed E-state index contributed by atoms with van der Waals surface area (Å²) in [6.07, 6.45) is 0. The maximum atomic E-state index is 10.8. The highest BCUT2D eigenvalue weighted by molar-refractivity contribution is 5.91. The van der Waals surface area contributed by atoms with Crippen LogP contribution in [0.4, 0.5) is 0 Å². The van der Waals surface area contributed by atoms with Crippen LogP contribution in [-0.2, 0) is 4.79 Å². The van der Waals surface area contributed by atoms with Crippen molar-refractivity contribution in [2.45, 2.75) is 6.92 Å². The fourth-order valence-electron chi connectivity index (χ4n) is 1.47. The number of phenolic OH excluding ortho intramolecular Hbond substituents is 1. The Morgan fingerprint density at radius 2 is 1.93 bits per heavy atom. The molecule has 0 spiro atoms. The molecule has 0 heterocycles. The van der Waals surface area contributed by atoms with E-state index < -0.39 is 5.97 Å². The van der Waals surface area contributed by atoms with Gasteiger partial charge in [0, 0.05) is 12.3 Å². The van der Waals surface area contributed by atoms with Gasteiger partial charge in [-0.15, -0.1) is 0 Å². The van der Waals surface area contributed by atoms with Gasteiger partial charge in [-0.2, -0.15) is 0 Å². The zero-order valence-electron chi connectivity index (χ0n) is 8.23. The average molecular weight is 202 g/mol. The molecule has 0 amide bonds. The first-order valence-corrected chi connectivity index (χ1v) is 4.57. The normalized spacial score (nSPS) is 10.2. The second-order valence-corrected chi connectivity index (χ2v) is 3.23. The maximum Gasteiger partial charge on any atom is 0.308 e. The molecular formula is C12H10O3. The third kappa shape index (κ3) is 1.76. The molecule has 0 aliphatic rings. The van der Waals surface area contributed by atoms with Gasteiger partial charge < -0.3 is 9.84 Å². The number of carbonyl (C=O) groups is 1. The highest BCUT2D eigenvalue weighted by atomic mass is 16.5. The molecule has 0 aromatic heterocycles. The van der Waals surface area contributed by atoms with Crippen molar-refractivity contribution in [3.8, 4) is 11.5 Å². The molecule has 0 saturated heterocycles. The molecule has 3 nitrogen and oxygen atoms in total. The number of hydrogen-bond donors (Lipinski definition) is 1. The smallest absolute Gasteiger partial charge is 0.308 e. The molecule has 15 heavy (non-hydrogen) atoms. The molecule has 0 unspecified atom stereocenters. The maximum absolute atomic E-state index is 10.8. The summed E-state index contributed by atoms with van der Waals surface area (Å²) in [6, 6.07) is 10.7. The minimum Gasteiger partial charge on any atom is -0.504 e. The lowest BCUT2D eigenvalue weighted by molar-refractivity contribution is -0.132. The van der Waals surface area contributed by atoms with Crippen LogP contribution in [0.5, 0.6) is 11.5 Å². The number of benzene rings is 2. The van der Waals surface area contributed by atoms with E-state index in [0.29, 0.717) is 5.39 Å². The van der Waals surface area contributed by atoms with Crippen molar-refractivity contribution >= 4 is 16.7 Å². The van der Waals surface area contributed by atoms with Crippen molar-refractivity contribution in [3.05, 3.63) is 36.4 Å². The van der Waals surface area contributed by atoms with Gasteiger partial charge in [0.1, 0.15) is 0 Å². The zero-order valence-corrected chi connectivity index (χ0v) is 8.23. The summed E-state index contributed by atoms with van der Waals surface area (Å²) in [5.74, 6) is -0.245. The monoisotopic (exact) mass is 202 g/mol. The van der Waals surface area contributed by atoms with Crippen LogP contribution >= 0.6 is 0 Å². The quantitative estimate of drug-likeness (QED) is 0.570. The van der Waals surface area contributed by atoms with E-state index in [1.807, 2.05) is 18.2 Å². The number of hydrogen-bond acceptors (Lipinski definition) is 3. The average Bonchev–Trinajstić information content (AvgIpc) is 2.22. The summed E-state index contributed by atoms with van der Waals surface area (Å²) in [4.78, 5) is 10.8. The van der Waals surface area contributed by atoms with Crippen LogP contribution in [0, 0.1) is 0 Å². The number of rotatable bonds is 1. The van der Waals surface area contributed by atoms with Crippen LogP contribution in [0.3, 0.4) is 0 Å². The first kappa shape index (κ1) is 9.52. The minimum absolute atomic E-state index is 0.00306. The Kier molecular flexibility index (Phi) is 2.29. The van der Waals surface area contributed by atoms with Crippen LogP contribution in [0.2, 0.25) is 0 Å². The van der Waals surface area contributed by atoms with Crippen molar-refractivity contribution in [3.63, 3.8) is 0 Å². The van der Waals surface area contributed by atoms with E-state index in [2.05, 4.69) is 0 Å². The molecule has 2 aromatic rings. The third-order valence-corrected chi connectivity index (χ3v) is 2.12. The van der Waals surface area contributed by atoms with Crippen LogP contribution < -0.4 is 4.74 Å². The molecule has 3 heteroatoms. The molecule has 0 saturated carbocycles. The molecular weight excluding hydrogens is 192 g/mol. The van der Waals surface area contributed by atoms with Gasteiger partial charge in [0.15, 0.2) is 11.5 Å². The second-order valence-electron chi connectivity index (χ2n) is 3.23. The van der Waals surface area contributed by atoms with E-state index in [-0.39, 0.29) is 11.5 Å². The summed E-state index contributed by atoms with van der Waals surface area (Å²) in [6.45, 7) is 1.30. The van der Waals surface area contributed by atoms with E-state index >= 15 is 0 Å². The van der Waals surface area contributed by atoms with Gasteiger partial charge in [0.2, 0.25) is 0 Å². The Hall–Kier alpha value is -2.03. The minimum atomic E-state index is -0.444. The third-order valence-electron chi connectivity index (χ3n) is 2.12. The molecule has 0 aliphatic carbocycles. The highest BCUT2D eigenvalue weighted by Gasteiger charge is 2.08. The number of aromatic hydroxyl groups is 1. The predicted octanol–water partition coefficient (Wildman–Crippen LogP) is 2.47. The topological polar surface area (TPSA) is 46.5 Å². The van der Waals surface area contributed by atoms with Gasteiger partial charge in [0.05, 0.1) is 0 Å². The van der Waals surface area contributed by atoms with Crippen molar-refractivity contribution in [1.29, 1.82) is 0 Å². The number of esters is 1. The van der Waals surface area contributed by atoms with Gasteiger partial charge in [-0.1, -0.05) is 30.3 Å². The van der Waals surface area contributed by atoms with Crippen LogP contribution in [-0.4, -0.2) is 11.1 Å². The Balaban J connectivity index is 2.59. The van der Waals surface area contributed by atoms with Crippen LogP contribution in [0.1, 0.15) is 6.92 Å². The lowest BCUT2D eigenvalue weighted by atomic mass is 10.1. The molecule has 2 aromatic carbocycles. The fourth-order valence-corrected chi connectivity index (χ4v) is 1.47. The molecule has 76 valence electrons. The van der Waals surface area contributed by atoms with Crippen LogP contribution in [0.15, 0.2) is 36.4 Å². The van der Waals surface area contributed by atoms with Gasteiger partial charge in [-0.3, -0.25) is 4.79 Å². The first-order valence-electron chi connectivity index (χ1n) is 4.57. The highest BCUT2D eigenvalue weighted by Crippen LogP contribution is 2.34. The summed E-state index contributed by atoms with van der Waals surface area (Å²) < 4.78 is 4.86. The Bertz CT molecular complexity index is 517. The van der Waals surface area contributed by atoms with E-state index in [1.54, 1.807) is 18.2 Å². The van der Waals surface area contributed by atoms with Gasteiger partial charge >= 0.3 is 5.97 Å². The first-order chi connectivity index (χ1) is 7.18. The lowest BCUT2D eigenvalue weighted by Gasteiger charge is -2.06. The molecule has 0 aliphatic heterocycles. The van der Waals surface area contributed by atoms with Crippen molar-refractivity contribution in [2.75, 3.05) is 0 Å². The zero-order chi connectivity index (χ0) is 10.8. The molecule has 0 bridgehead atoms. The lowest BCUT2D eigenvalue weighted by Crippen LogP contribution is -2.01. The number of carbonyl (C=O) groups excluding carboxylic acids is 1.